The summed E-state index contributed by atoms with van der Waals surface area (Å²) in [6, 6.07) is 2.06. The zero-order valence-corrected chi connectivity index (χ0v) is 11.8. The molecular weight excluding hydrogens is 212 g/mol. The van der Waals surface area contributed by atoms with Gasteiger partial charge in [-0.3, -0.25) is 4.90 Å². The molecule has 0 aliphatic rings. The molecule has 1 rings (SSSR count). The summed E-state index contributed by atoms with van der Waals surface area (Å²) < 4.78 is 5.57. The Kier molecular flexibility index (Phi) is 5.22. The fourth-order valence-electron chi connectivity index (χ4n) is 1.73. The highest BCUT2D eigenvalue weighted by Gasteiger charge is 2.13. The zero-order valence-electron chi connectivity index (χ0n) is 11.8. The summed E-state index contributed by atoms with van der Waals surface area (Å²) in [5, 5.41) is 3.49. The molecule has 0 unspecified atom stereocenters. The van der Waals surface area contributed by atoms with Crippen molar-refractivity contribution in [2.24, 2.45) is 0 Å². The second-order valence-corrected chi connectivity index (χ2v) is 5.71. The Morgan fingerprint density at radius 2 is 2.06 bits per heavy atom. The Balaban J connectivity index is 2.54. The molecule has 0 fully saturated rings. The van der Waals surface area contributed by atoms with E-state index in [0.717, 1.165) is 25.4 Å². The van der Waals surface area contributed by atoms with Crippen molar-refractivity contribution in [1.29, 1.82) is 0 Å². The summed E-state index contributed by atoms with van der Waals surface area (Å²) in [5.41, 5.74) is 1.41. The maximum atomic E-state index is 5.57. The first-order valence-corrected chi connectivity index (χ1v) is 6.41. The van der Waals surface area contributed by atoms with Gasteiger partial charge < -0.3 is 9.73 Å². The predicted octanol–water partition coefficient (Wildman–Crippen LogP) is 3.01. The Morgan fingerprint density at radius 1 is 1.35 bits per heavy atom. The average molecular weight is 238 g/mol. The number of furan rings is 1. The Labute approximate surface area is 105 Å². The molecule has 0 aromatic carbocycles. The van der Waals surface area contributed by atoms with E-state index in [9.17, 15) is 0 Å². The van der Waals surface area contributed by atoms with Crippen molar-refractivity contribution in [3.05, 3.63) is 23.7 Å². The normalized spacial score (nSPS) is 12.4. The van der Waals surface area contributed by atoms with Crippen LogP contribution in [0.3, 0.4) is 0 Å². The highest BCUT2D eigenvalue weighted by molar-refractivity contribution is 5.17. The maximum absolute atomic E-state index is 5.57. The van der Waals surface area contributed by atoms with Gasteiger partial charge in [0.2, 0.25) is 0 Å². The average Bonchev–Trinajstić information content (AvgIpc) is 2.61. The van der Waals surface area contributed by atoms with Gasteiger partial charge in [0.1, 0.15) is 5.76 Å². The molecule has 0 saturated carbocycles. The zero-order chi connectivity index (χ0) is 12.9. The lowest BCUT2D eigenvalue weighted by atomic mass is 10.1. The van der Waals surface area contributed by atoms with Crippen LogP contribution in [0.4, 0.5) is 0 Å². The van der Waals surface area contributed by atoms with Gasteiger partial charge in [-0.25, -0.2) is 0 Å². The fourth-order valence-corrected chi connectivity index (χ4v) is 1.73. The van der Waals surface area contributed by atoms with Crippen LogP contribution in [0.2, 0.25) is 0 Å². The first-order chi connectivity index (χ1) is 7.92. The van der Waals surface area contributed by atoms with Gasteiger partial charge in [0, 0.05) is 17.6 Å². The molecule has 17 heavy (non-hydrogen) atoms. The molecule has 98 valence electrons. The van der Waals surface area contributed by atoms with E-state index in [1.165, 1.54) is 12.0 Å². The number of nitrogens with one attached hydrogen (secondary N) is 1. The van der Waals surface area contributed by atoms with E-state index in [1.54, 1.807) is 6.26 Å². The van der Waals surface area contributed by atoms with Gasteiger partial charge in [-0.15, -0.1) is 0 Å². The van der Waals surface area contributed by atoms with Crippen molar-refractivity contribution in [1.82, 2.24) is 10.2 Å². The van der Waals surface area contributed by atoms with Gasteiger partial charge in [-0.05, 0) is 46.9 Å². The molecule has 1 N–H and O–H groups in total. The quantitative estimate of drug-likeness (QED) is 0.826. The maximum Gasteiger partial charge on any atom is 0.122 e. The first kappa shape index (κ1) is 14.3. The minimum Gasteiger partial charge on any atom is -0.468 e. The van der Waals surface area contributed by atoms with Crippen LogP contribution in [-0.4, -0.2) is 24.0 Å². The standard InChI is InChI=1S/C14H26N2O/c1-6-8-16(5)11-13-12(7-9-17-13)10-15-14(2,3)4/h7,9,15H,6,8,10-11H2,1-5H3. The van der Waals surface area contributed by atoms with E-state index in [0.29, 0.717) is 0 Å². The van der Waals surface area contributed by atoms with Crippen LogP contribution in [-0.2, 0) is 13.1 Å². The highest BCUT2D eigenvalue weighted by atomic mass is 16.3. The van der Waals surface area contributed by atoms with E-state index in [-0.39, 0.29) is 5.54 Å². The molecule has 1 heterocycles. The third-order valence-corrected chi connectivity index (χ3v) is 2.67. The van der Waals surface area contributed by atoms with Crippen molar-refractivity contribution in [2.75, 3.05) is 13.6 Å². The summed E-state index contributed by atoms with van der Waals surface area (Å²) in [4.78, 5) is 2.29. The molecule has 0 aliphatic carbocycles. The third-order valence-electron chi connectivity index (χ3n) is 2.67. The van der Waals surface area contributed by atoms with Crippen LogP contribution in [0.25, 0.3) is 0 Å². The van der Waals surface area contributed by atoms with Gasteiger partial charge >= 0.3 is 0 Å². The number of rotatable bonds is 6. The Hall–Kier alpha value is -0.800. The van der Waals surface area contributed by atoms with Crippen LogP contribution in [0, 0.1) is 0 Å². The van der Waals surface area contributed by atoms with E-state index in [2.05, 4.69) is 51.0 Å². The Bertz CT molecular complexity index is 325. The minimum absolute atomic E-state index is 0.143. The van der Waals surface area contributed by atoms with E-state index in [4.69, 9.17) is 4.42 Å². The van der Waals surface area contributed by atoms with E-state index in [1.807, 2.05) is 0 Å². The molecule has 1 aromatic rings. The van der Waals surface area contributed by atoms with Crippen molar-refractivity contribution < 1.29 is 4.42 Å². The summed E-state index contributed by atoms with van der Waals surface area (Å²) >= 11 is 0. The van der Waals surface area contributed by atoms with Crippen LogP contribution >= 0.6 is 0 Å². The molecule has 0 saturated heterocycles. The van der Waals surface area contributed by atoms with Gasteiger partial charge in [0.25, 0.3) is 0 Å². The van der Waals surface area contributed by atoms with E-state index < -0.39 is 0 Å². The molecular formula is C14H26N2O. The summed E-state index contributed by atoms with van der Waals surface area (Å²) in [5.74, 6) is 1.08. The SMILES string of the molecule is CCCN(C)Cc1occc1CNC(C)(C)C. The van der Waals surface area contributed by atoms with Gasteiger partial charge in [-0.2, -0.15) is 0 Å². The van der Waals surface area contributed by atoms with Gasteiger partial charge in [-0.1, -0.05) is 6.92 Å². The number of hydrogen-bond acceptors (Lipinski definition) is 3. The highest BCUT2D eigenvalue weighted by Crippen LogP contribution is 2.14. The monoisotopic (exact) mass is 238 g/mol. The summed E-state index contributed by atoms with van der Waals surface area (Å²) in [6.07, 6.45) is 2.96. The van der Waals surface area contributed by atoms with Gasteiger partial charge in [0.05, 0.1) is 12.8 Å². The van der Waals surface area contributed by atoms with Crippen LogP contribution < -0.4 is 5.32 Å². The molecule has 3 heteroatoms. The lowest BCUT2D eigenvalue weighted by Gasteiger charge is -2.21. The molecule has 3 nitrogen and oxygen atoms in total. The summed E-state index contributed by atoms with van der Waals surface area (Å²) in [7, 11) is 2.13. The van der Waals surface area contributed by atoms with E-state index >= 15 is 0 Å². The predicted molar refractivity (Wildman–Crippen MR) is 71.9 cm³/mol. The van der Waals surface area contributed by atoms with Gasteiger partial charge in [0.15, 0.2) is 0 Å². The second kappa shape index (κ2) is 6.22. The molecule has 0 spiro atoms. The number of hydrogen-bond donors (Lipinski definition) is 1. The topological polar surface area (TPSA) is 28.4 Å². The second-order valence-electron chi connectivity index (χ2n) is 5.71. The van der Waals surface area contributed by atoms with Crippen molar-refractivity contribution >= 4 is 0 Å². The number of nitrogens with zero attached hydrogens (tertiary/aromatic N) is 1. The molecule has 0 atom stereocenters. The van der Waals surface area contributed by atoms with Crippen molar-refractivity contribution in [3.8, 4) is 0 Å². The Morgan fingerprint density at radius 3 is 2.65 bits per heavy atom. The molecule has 0 bridgehead atoms. The van der Waals surface area contributed by atoms with Crippen molar-refractivity contribution in [2.45, 2.75) is 52.7 Å². The fraction of sp³-hybridized carbons (Fsp3) is 0.714. The largest absolute Gasteiger partial charge is 0.468 e. The lowest BCUT2D eigenvalue weighted by Crippen LogP contribution is -2.35. The molecule has 1 aromatic heterocycles. The third kappa shape index (κ3) is 5.37. The van der Waals surface area contributed by atoms with Crippen LogP contribution in [0.5, 0.6) is 0 Å². The molecule has 0 aliphatic heterocycles. The summed E-state index contributed by atoms with van der Waals surface area (Å²) in [6.45, 7) is 11.6. The molecule has 0 radical (unpaired) electrons. The minimum atomic E-state index is 0.143. The molecule has 0 amide bonds. The van der Waals surface area contributed by atoms with Crippen LogP contribution in [0.15, 0.2) is 16.7 Å². The first-order valence-electron chi connectivity index (χ1n) is 6.41. The lowest BCUT2D eigenvalue weighted by molar-refractivity contribution is 0.292. The smallest absolute Gasteiger partial charge is 0.122 e. The van der Waals surface area contributed by atoms with Crippen molar-refractivity contribution in [3.63, 3.8) is 0 Å². The van der Waals surface area contributed by atoms with Crippen LogP contribution in [0.1, 0.15) is 45.4 Å².